The van der Waals surface area contributed by atoms with Gasteiger partial charge >= 0.3 is 6.03 Å². The second-order valence-corrected chi connectivity index (χ2v) is 9.59. The van der Waals surface area contributed by atoms with Gasteiger partial charge in [-0.2, -0.15) is 10.4 Å². The van der Waals surface area contributed by atoms with Gasteiger partial charge in [0.15, 0.2) is 11.6 Å². The SMILES string of the molecule is COCCN1CCC(c2ccc(F)c(F)c2)C1.Cc1c(-c2cncc(C#N)c2)nn(-c2ccccc2)c1NC(N)=O. The minimum Gasteiger partial charge on any atom is -0.383 e. The largest absolute Gasteiger partial charge is 0.383 e. The van der Waals surface area contributed by atoms with Gasteiger partial charge in [0.25, 0.3) is 0 Å². The van der Waals surface area contributed by atoms with Gasteiger partial charge in [-0.3, -0.25) is 10.3 Å². The van der Waals surface area contributed by atoms with E-state index >= 15 is 0 Å². The van der Waals surface area contributed by atoms with E-state index in [1.807, 2.05) is 37.3 Å². The lowest BCUT2D eigenvalue weighted by molar-refractivity contribution is 0.160. The summed E-state index contributed by atoms with van der Waals surface area (Å²) in [6, 6.07) is 16.7. The molecule has 2 amide bonds. The van der Waals surface area contributed by atoms with Crippen LogP contribution in [-0.2, 0) is 4.74 Å². The van der Waals surface area contributed by atoms with E-state index in [0.29, 0.717) is 35.2 Å². The fourth-order valence-electron chi connectivity index (χ4n) is 4.71. The van der Waals surface area contributed by atoms with Crippen LogP contribution in [-0.4, -0.2) is 59.0 Å². The van der Waals surface area contributed by atoms with Gasteiger partial charge in [-0.25, -0.2) is 18.3 Å². The van der Waals surface area contributed by atoms with E-state index in [4.69, 9.17) is 15.7 Å². The van der Waals surface area contributed by atoms with Crippen LogP contribution in [0.4, 0.5) is 19.4 Å². The van der Waals surface area contributed by atoms with Crippen LogP contribution >= 0.6 is 0 Å². The molecule has 1 atom stereocenters. The van der Waals surface area contributed by atoms with Crippen LogP contribution in [0, 0.1) is 29.9 Å². The number of nitrogens with one attached hydrogen (secondary N) is 1. The van der Waals surface area contributed by atoms with Crippen LogP contribution < -0.4 is 11.1 Å². The summed E-state index contributed by atoms with van der Waals surface area (Å²) < 4.78 is 32.6. The zero-order valence-corrected chi connectivity index (χ0v) is 22.8. The Morgan fingerprint density at radius 3 is 2.63 bits per heavy atom. The molecule has 0 radical (unpaired) electrons. The first kappa shape index (κ1) is 29.3. The minimum absolute atomic E-state index is 0.307. The molecule has 0 saturated carbocycles. The molecule has 212 valence electrons. The number of benzene rings is 2. The molecule has 2 aromatic carbocycles. The van der Waals surface area contributed by atoms with Gasteiger partial charge in [-0.15, -0.1) is 0 Å². The van der Waals surface area contributed by atoms with E-state index in [1.54, 1.807) is 30.1 Å². The van der Waals surface area contributed by atoms with Crippen molar-refractivity contribution in [2.24, 2.45) is 5.73 Å². The number of likely N-dealkylation sites (tertiary alicyclic amines) is 1. The molecule has 0 aliphatic carbocycles. The summed E-state index contributed by atoms with van der Waals surface area (Å²) in [5, 5.41) is 16.2. The summed E-state index contributed by atoms with van der Waals surface area (Å²) in [7, 11) is 1.68. The fraction of sp³-hybridized carbons (Fsp3) is 0.267. The first-order valence-electron chi connectivity index (χ1n) is 13.0. The highest BCUT2D eigenvalue weighted by molar-refractivity contribution is 5.89. The summed E-state index contributed by atoms with van der Waals surface area (Å²) in [6.07, 6.45) is 4.10. The molecule has 3 N–H and O–H groups in total. The van der Waals surface area contributed by atoms with E-state index in [2.05, 4.69) is 26.4 Å². The molecule has 1 aliphatic rings. The van der Waals surface area contributed by atoms with Crippen LogP contribution in [0.15, 0.2) is 67.0 Å². The topological polar surface area (TPSA) is 122 Å². The van der Waals surface area contributed by atoms with Gasteiger partial charge in [-0.05, 0) is 61.7 Å². The number of pyridine rings is 1. The molecular formula is C30H31F2N7O2. The molecule has 0 spiro atoms. The van der Waals surface area contributed by atoms with Gasteiger partial charge in [0.2, 0.25) is 0 Å². The Bertz CT molecular complexity index is 1540. The Labute approximate surface area is 237 Å². The summed E-state index contributed by atoms with van der Waals surface area (Å²) >= 11 is 0. The number of carbonyl (C=O) groups excluding carboxylic acids is 1. The number of hydrogen-bond donors (Lipinski definition) is 2. The Kier molecular flexibility index (Phi) is 9.73. The van der Waals surface area contributed by atoms with E-state index < -0.39 is 17.7 Å². The number of nitriles is 1. The van der Waals surface area contributed by atoms with Crippen molar-refractivity contribution in [2.75, 3.05) is 38.7 Å². The van der Waals surface area contributed by atoms with E-state index in [0.717, 1.165) is 42.9 Å². The maximum absolute atomic E-state index is 13.1. The second-order valence-electron chi connectivity index (χ2n) is 9.59. The fourth-order valence-corrected chi connectivity index (χ4v) is 4.71. The predicted molar refractivity (Wildman–Crippen MR) is 151 cm³/mol. The van der Waals surface area contributed by atoms with E-state index in [1.165, 1.54) is 18.3 Å². The number of para-hydroxylation sites is 1. The van der Waals surface area contributed by atoms with Crippen LogP contribution in [0.25, 0.3) is 16.9 Å². The van der Waals surface area contributed by atoms with Crippen LogP contribution in [0.2, 0.25) is 0 Å². The predicted octanol–water partition coefficient (Wildman–Crippen LogP) is 5.01. The molecular weight excluding hydrogens is 528 g/mol. The van der Waals surface area contributed by atoms with Crippen molar-refractivity contribution in [3.05, 3.63) is 95.3 Å². The molecule has 1 fully saturated rings. The smallest absolute Gasteiger partial charge is 0.317 e. The lowest BCUT2D eigenvalue weighted by Gasteiger charge is -2.15. The number of halogens is 2. The first-order valence-corrected chi connectivity index (χ1v) is 13.0. The molecule has 1 saturated heterocycles. The zero-order chi connectivity index (χ0) is 29.4. The van der Waals surface area contributed by atoms with E-state index in [-0.39, 0.29) is 0 Å². The molecule has 4 aromatic rings. The maximum atomic E-state index is 13.1. The van der Waals surface area contributed by atoms with Crippen molar-refractivity contribution < 1.29 is 18.3 Å². The number of hydrogen-bond acceptors (Lipinski definition) is 6. The van der Waals surface area contributed by atoms with Crippen LogP contribution in [0.1, 0.15) is 29.0 Å². The average molecular weight is 560 g/mol. The van der Waals surface area contributed by atoms with Gasteiger partial charge in [-0.1, -0.05) is 24.3 Å². The number of urea groups is 1. The molecule has 9 nitrogen and oxygen atoms in total. The van der Waals surface area contributed by atoms with Crippen molar-refractivity contribution in [3.63, 3.8) is 0 Å². The third kappa shape index (κ3) is 7.30. The molecule has 5 rings (SSSR count). The third-order valence-electron chi connectivity index (χ3n) is 6.80. The maximum Gasteiger partial charge on any atom is 0.317 e. The number of nitrogens with two attached hydrogens (primary N) is 1. The highest BCUT2D eigenvalue weighted by atomic mass is 19.2. The first-order chi connectivity index (χ1) is 19.8. The number of amides is 2. The Balaban J connectivity index is 0.000000201. The number of methoxy groups -OCH3 is 1. The molecule has 3 heterocycles. The molecule has 1 unspecified atom stereocenters. The Morgan fingerprint density at radius 2 is 1.95 bits per heavy atom. The Morgan fingerprint density at radius 1 is 1.17 bits per heavy atom. The summed E-state index contributed by atoms with van der Waals surface area (Å²) in [4.78, 5) is 17.7. The Hall–Kier alpha value is -4.66. The number of ether oxygens (including phenoxy) is 1. The number of primary amides is 1. The van der Waals surface area contributed by atoms with Crippen molar-refractivity contribution in [3.8, 4) is 23.0 Å². The van der Waals surface area contributed by atoms with Crippen molar-refractivity contribution in [2.45, 2.75) is 19.3 Å². The number of anilines is 1. The number of aromatic nitrogens is 3. The third-order valence-corrected chi connectivity index (χ3v) is 6.80. The lowest BCUT2D eigenvalue weighted by atomic mass is 9.98. The summed E-state index contributed by atoms with van der Waals surface area (Å²) in [6.45, 7) is 5.33. The molecule has 41 heavy (non-hydrogen) atoms. The second kappa shape index (κ2) is 13.6. The molecule has 11 heteroatoms. The quantitative estimate of drug-likeness (QED) is 0.328. The molecule has 0 bridgehead atoms. The highest BCUT2D eigenvalue weighted by Gasteiger charge is 2.24. The standard InChI is InChI=1S/C17H14N6O.C13H17F2NO/c1-11-15(13-7-12(8-18)9-20-10-13)22-23(16(11)21-17(19)24)14-5-3-2-4-6-14;1-17-7-6-16-5-4-11(9-16)10-2-3-12(14)13(15)8-10/h2-7,9-10H,1H3,(H3,19,21,24);2-3,8,11H,4-7,9H2,1H3. The normalized spacial score (nSPS) is 14.7. The minimum atomic E-state index is -0.775. The highest BCUT2D eigenvalue weighted by Crippen LogP contribution is 2.30. The van der Waals surface area contributed by atoms with Gasteiger partial charge < -0.3 is 15.4 Å². The average Bonchev–Trinajstić information content (AvgIpc) is 3.59. The van der Waals surface area contributed by atoms with Gasteiger partial charge in [0, 0.05) is 43.7 Å². The monoisotopic (exact) mass is 559 g/mol. The van der Waals surface area contributed by atoms with E-state index in [9.17, 15) is 13.6 Å². The lowest BCUT2D eigenvalue weighted by Crippen LogP contribution is -2.24. The van der Waals surface area contributed by atoms with Crippen molar-refractivity contribution >= 4 is 11.8 Å². The van der Waals surface area contributed by atoms with Crippen LogP contribution in [0.3, 0.4) is 0 Å². The molecule has 1 aliphatic heterocycles. The summed E-state index contributed by atoms with van der Waals surface area (Å²) in [5.74, 6) is -0.742. The van der Waals surface area contributed by atoms with Gasteiger partial charge in [0.05, 0.1) is 23.6 Å². The summed E-state index contributed by atoms with van der Waals surface area (Å²) in [5.41, 5.74) is 9.43. The zero-order valence-electron chi connectivity index (χ0n) is 22.8. The van der Waals surface area contributed by atoms with Crippen LogP contribution in [0.5, 0.6) is 0 Å². The van der Waals surface area contributed by atoms with Gasteiger partial charge in [0.1, 0.15) is 11.9 Å². The number of nitrogens with zero attached hydrogens (tertiary/aromatic N) is 5. The molecule has 2 aromatic heterocycles. The van der Waals surface area contributed by atoms with Crippen molar-refractivity contribution in [1.29, 1.82) is 5.26 Å². The number of carbonyl (C=O) groups is 1. The number of rotatable bonds is 7. The van der Waals surface area contributed by atoms with Crippen molar-refractivity contribution in [1.82, 2.24) is 19.7 Å².